The first-order valence-electron chi connectivity index (χ1n) is 26.4. The molecule has 22 heteroatoms. The van der Waals surface area contributed by atoms with Crippen molar-refractivity contribution < 1.29 is 53.6 Å². The van der Waals surface area contributed by atoms with E-state index in [0.29, 0.717) is 109 Å². The average molecular weight is 1270 g/mol. The number of aromatic nitrogens is 3. The second-order valence-electron chi connectivity index (χ2n) is 19.8. The zero-order valence-corrected chi connectivity index (χ0v) is 51.8. The fourth-order valence-electron chi connectivity index (χ4n) is 9.79. The number of carboxylic acid groups (broad SMARTS) is 1. The number of ether oxygens (including phenoxy) is 2. The first-order valence-corrected chi connectivity index (χ1v) is 28.7. The predicted octanol–water partition coefficient (Wildman–Crippen LogP) is 13.9. The molecule has 85 heavy (non-hydrogen) atoms. The van der Waals surface area contributed by atoms with Crippen LogP contribution in [0.3, 0.4) is 0 Å². The molecule has 0 aliphatic heterocycles. The third-order valence-electron chi connectivity index (χ3n) is 14.4. The molecule has 0 fully saturated rings. The number of benzene rings is 6. The fraction of sp³-hybridized carbons (Fsp3) is 0.238. The van der Waals surface area contributed by atoms with Crippen LogP contribution >= 0.6 is 69.6 Å². The number of phenols is 1. The van der Waals surface area contributed by atoms with Crippen molar-refractivity contribution in [3.05, 3.63) is 190 Å². The van der Waals surface area contributed by atoms with E-state index in [9.17, 15) is 39.0 Å². The van der Waals surface area contributed by atoms with Gasteiger partial charge in [-0.2, -0.15) is 0 Å². The maximum Gasteiger partial charge on any atom is 0.310 e. The van der Waals surface area contributed by atoms with E-state index in [4.69, 9.17) is 84.2 Å². The average Bonchev–Trinajstić information content (AvgIpc) is 3.88. The molecule has 2 unspecified atom stereocenters. The van der Waals surface area contributed by atoms with Crippen molar-refractivity contribution in [1.29, 1.82) is 0 Å². The van der Waals surface area contributed by atoms with Crippen LogP contribution in [0.2, 0.25) is 30.1 Å². The van der Waals surface area contributed by atoms with Gasteiger partial charge in [-0.25, -0.2) is 0 Å². The minimum atomic E-state index is -1.03. The van der Waals surface area contributed by atoms with Gasteiger partial charge < -0.3 is 35.4 Å². The number of carbonyl (C=O) groups excluding carboxylic acids is 5. The number of fused-ring (bicyclic) bond motifs is 3. The molecule has 0 radical (unpaired) electrons. The molecule has 3 aromatic heterocycles. The Morgan fingerprint density at radius 3 is 1.29 bits per heavy atom. The van der Waals surface area contributed by atoms with Crippen LogP contribution in [0.4, 0.5) is 0 Å². The SMILES string of the molecule is CCC(C)NC(=O)Cc1c(C)n(C(=O)c2ccc(Cl)cc2)c2cc(Cl)c(OC)cc12.COc1cc2c(CC(=O)NCCO)c(C)n(C(=O)c3ccc(Cl)cc3)c2cc1Cl.Cc1c(C(C)C(=O)O)c2cc(O)c(Cl)cc2n1C(=O)c1ccc(Cl)cc1. The van der Waals surface area contributed by atoms with Crippen LogP contribution in [0.25, 0.3) is 32.7 Å². The third-order valence-corrected chi connectivity index (χ3v) is 16.0. The summed E-state index contributed by atoms with van der Waals surface area (Å²) in [6.45, 7) is 10.8. The van der Waals surface area contributed by atoms with Crippen molar-refractivity contribution in [2.45, 2.75) is 72.8 Å². The molecule has 9 aromatic rings. The van der Waals surface area contributed by atoms with Gasteiger partial charge in [0.25, 0.3) is 17.7 Å². The monoisotopic (exact) mass is 1270 g/mol. The van der Waals surface area contributed by atoms with Gasteiger partial charge in [-0.05, 0) is 167 Å². The lowest BCUT2D eigenvalue weighted by molar-refractivity contribution is -0.138. The number of aromatic hydroxyl groups is 1. The maximum atomic E-state index is 13.3. The Morgan fingerprint density at radius 1 is 0.541 bits per heavy atom. The lowest BCUT2D eigenvalue weighted by Gasteiger charge is -2.12. The number of nitrogens with zero attached hydrogens (tertiary/aromatic N) is 3. The summed E-state index contributed by atoms with van der Waals surface area (Å²) in [5.74, 6) is -2.29. The largest absolute Gasteiger partial charge is 0.506 e. The summed E-state index contributed by atoms with van der Waals surface area (Å²) in [6, 6.07) is 29.5. The highest BCUT2D eigenvalue weighted by molar-refractivity contribution is 6.34. The highest BCUT2D eigenvalue weighted by atomic mass is 35.5. The number of carboxylic acids is 1. The van der Waals surface area contributed by atoms with E-state index in [1.54, 1.807) is 120 Å². The van der Waals surface area contributed by atoms with Gasteiger partial charge in [-0.1, -0.05) is 76.5 Å². The molecule has 2 amide bonds. The molecule has 0 aliphatic carbocycles. The van der Waals surface area contributed by atoms with Gasteiger partial charge >= 0.3 is 5.97 Å². The standard InChI is InChI=1S/C23H24Cl2N2O3.C21H20Cl2N2O4.C19H15Cl2NO4/c1-5-13(2)26-22(28)11-17-14(3)27(23(29)15-6-8-16(24)9-7-15)20-12-19(25)21(30-4)10-18(17)20;1-12-15(10-20(27)24-7-8-26)16-9-19(29-2)17(23)11-18(16)25(12)21(28)13-3-5-14(22)6-4-13;1-9(19(25)26)17-10(2)22(15-8-14(21)16(23)7-13(15)17)18(24)11-3-5-12(20)6-4-11/h6-10,12-13H,5,11H2,1-4H3,(H,26,28);3-6,9,11,26H,7-8,10H2,1-2H3,(H,24,27);3-9,23H,1-2H3,(H,25,26). The van der Waals surface area contributed by atoms with E-state index < -0.39 is 11.9 Å². The Bertz CT molecular complexity index is 4040. The number of hydrogen-bond donors (Lipinski definition) is 5. The Morgan fingerprint density at radius 2 is 0.918 bits per heavy atom. The molecule has 2 atom stereocenters. The molecule has 444 valence electrons. The number of rotatable bonds is 15. The number of carbonyl (C=O) groups is 6. The van der Waals surface area contributed by atoms with Gasteiger partial charge in [0.05, 0.1) is 71.2 Å². The summed E-state index contributed by atoms with van der Waals surface area (Å²) in [6.07, 6.45) is 1.04. The number of halogens is 6. The van der Waals surface area contributed by atoms with Gasteiger partial charge in [0.15, 0.2) is 0 Å². The Labute approximate surface area is 519 Å². The van der Waals surface area contributed by atoms with E-state index in [2.05, 4.69) is 10.6 Å². The molecule has 0 spiro atoms. The molecule has 0 aliphatic rings. The lowest BCUT2D eigenvalue weighted by Crippen LogP contribution is -2.33. The Hall–Kier alpha value is -7.54. The van der Waals surface area contributed by atoms with Crippen molar-refractivity contribution in [2.75, 3.05) is 27.4 Å². The highest BCUT2D eigenvalue weighted by Gasteiger charge is 2.29. The smallest absolute Gasteiger partial charge is 0.310 e. The Kier molecular flexibility index (Phi) is 21.5. The number of hydrogen-bond acceptors (Lipinski definition) is 10. The Balaban J connectivity index is 0.000000183. The van der Waals surface area contributed by atoms with E-state index in [-0.39, 0.29) is 72.3 Å². The molecule has 0 bridgehead atoms. The number of aliphatic hydroxyl groups excluding tert-OH is 1. The maximum absolute atomic E-state index is 13.3. The molecule has 5 N–H and O–H groups in total. The number of phenolic OH excluding ortho intramolecular Hbond substituents is 1. The summed E-state index contributed by atoms with van der Waals surface area (Å²) in [7, 11) is 3.04. The zero-order valence-electron chi connectivity index (χ0n) is 47.3. The number of amides is 2. The van der Waals surface area contributed by atoms with Crippen molar-refractivity contribution in [1.82, 2.24) is 24.3 Å². The van der Waals surface area contributed by atoms with Crippen LogP contribution in [0, 0.1) is 20.8 Å². The van der Waals surface area contributed by atoms with Crippen molar-refractivity contribution in [3.63, 3.8) is 0 Å². The molecular weight excluding hydrogens is 1220 g/mol. The third kappa shape index (κ3) is 14.3. The fourth-order valence-corrected chi connectivity index (χ4v) is 10.8. The van der Waals surface area contributed by atoms with Gasteiger partial charge in [0.1, 0.15) is 17.2 Å². The molecule has 16 nitrogen and oxygen atoms in total. The number of aliphatic carboxylic acids is 1. The summed E-state index contributed by atoms with van der Waals surface area (Å²) in [5.41, 5.74) is 6.70. The van der Waals surface area contributed by atoms with Gasteiger partial charge in [0.2, 0.25) is 11.8 Å². The topological polar surface area (TPSA) is 220 Å². The van der Waals surface area contributed by atoms with Crippen LogP contribution in [0.1, 0.15) is 98.0 Å². The lowest BCUT2D eigenvalue weighted by atomic mass is 9.98. The van der Waals surface area contributed by atoms with E-state index in [1.807, 2.05) is 20.8 Å². The molecular formula is C63H59Cl6N5O11. The van der Waals surface area contributed by atoms with Gasteiger partial charge in [-0.3, -0.25) is 42.5 Å². The van der Waals surface area contributed by atoms with Gasteiger partial charge in [0, 0.05) is 77.6 Å². The second kappa shape index (κ2) is 28.1. The summed E-state index contributed by atoms with van der Waals surface area (Å²) in [5, 5.41) is 38.3. The first kappa shape index (κ1) is 65.0. The van der Waals surface area contributed by atoms with E-state index >= 15 is 0 Å². The van der Waals surface area contributed by atoms with E-state index in [0.717, 1.165) is 17.4 Å². The van der Waals surface area contributed by atoms with Crippen molar-refractivity contribution in [3.8, 4) is 17.2 Å². The van der Waals surface area contributed by atoms with Gasteiger partial charge in [-0.15, -0.1) is 0 Å². The summed E-state index contributed by atoms with van der Waals surface area (Å²) in [4.78, 5) is 76.1. The van der Waals surface area contributed by atoms with Crippen molar-refractivity contribution >= 4 is 138 Å². The number of nitrogens with one attached hydrogen (secondary N) is 2. The normalized spacial score (nSPS) is 11.8. The van der Waals surface area contributed by atoms with Crippen LogP contribution < -0.4 is 20.1 Å². The quantitative estimate of drug-likeness (QED) is 0.0650. The summed E-state index contributed by atoms with van der Waals surface area (Å²) >= 11 is 36.5. The van der Waals surface area contributed by atoms with E-state index in [1.165, 1.54) is 37.8 Å². The number of methoxy groups -OCH3 is 2. The molecule has 6 aromatic carbocycles. The number of aliphatic hydroxyl groups is 1. The summed E-state index contributed by atoms with van der Waals surface area (Å²) < 4.78 is 15.2. The molecule has 9 rings (SSSR count). The second-order valence-corrected chi connectivity index (χ2v) is 22.3. The van der Waals surface area contributed by atoms with Crippen molar-refractivity contribution in [2.24, 2.45) is 0 Å². The van der Waals surface area contributed by atoms with Crippen LogP contribution in [-0.4, -0.2) is 97.9 Å². The predicted molar refractivity (Wildman–Crippen MR) is 335 cm³/mol. The van der Waals surface area contributed by atoms with Crippen LogP contribution in [0.5, 0.6) is 17.2 Å². The van der Waals surface area contributed by atoms with Crippen LogP contribution in [-0.2, 0) is 27.2 Å². The minimum absolute atomic E-state index is 0.0496. The molecule has 3 heterocycles. The zero-order chi connectivity index (χ0) is 62.3. The highest BCUT2D eigenvalue weighted by Crippen LogP contribution is 2.40. The minimum Gasteiger partial charge on any atom is -0.506 e. The first-order chi connectivity index (χ1) is 40.3. The molecule has 0 saturated heterocycles. The molecule has 0 saturated carbocycles. The van der Waals surface area contributed by atoms with Crippen LogP contribution in [0.15, 0.2) is 109 Å².